The molecule has 0 aliphatic rings. The van der Waals surface area contributed by atoms with E-state index in [1.54, 1.807) is 7.11 Å². The van der Waals surface area contributed by atoms with Gasteiger partial charge in [0.1, 0.15) is 0 Å². The van der Waals surface area contributed by atoms with E-state index in [4.69, 9.17) is 4.74 Å². The fourth-order valence-corrected chi connectivity index (χ4v) is 3.44. The van der Waals surface area contributed by atoms with Gasteiger partial charge in [0.15, 0.2) is 0 Å². The van der Waals surface area contributed by atoms with Crippen molar-refractivity contribution in [2.24, 2.45) is 0 Å². The summed E-state index contributed by atoms with van der Waals surface area (Å²) in [6.45, 7) is 0. The molecule has 2 heteroatoms. The second kappa shape index (κ2) is 6.79. The zero-order valence-corrected chi connectivity index (χ0v) is 12.8. The van der Waals surface area contributed by atoms with Crippen LogP contribution in [0.25, 0.3) is 10.8 Å². The van der Waals surface area contributed by atoms with Crippen molar-refractivity contribution in [3.63, 3.8) is 0 Å². The normalized spacial score (nSPS) is 12.4. The first-order valence-corrected chi connectivity index (χ1v) is 8.05. The maximum atomic E-state index is 5.62. The summed E-state index contributed by atoms with van der Waals surface area (Å²) in [5.41, 5.74) is 1.23. The van der Waals surface area contributed by atoms with Crippen LogP contribution >= 0.6 is 11.8 Å². The van der Waals surface area contributed by atoms with Gasteiger partial charge in [-0.3, -0.25) is 0 Å². The lowest BCUT2D eigenvalue weighted by Gasteiger charge is -2.15. The monoisotopic (exact) mass is 294 g/mol. The Morgan fingerprint density at radius 3 is 2.33 bits per heavy atom. The highest BCUT2D eigenvalue weighted by Crippen LogP contribution is 2.28. The van der Waals surface area contributed by atoms with Crippen molar-refractivity contribution in [2.75, 3.05) is 12.9 Å². The summed E-state index contributed by atoms with van der Waals surface area (Å²) in [4.78, 5) is 1.28. The molecule has 0 saturated heterocycles. The van der Waals surface area contributed by atoms with E-state index < -0.39 is 0 Å². The van der Waals surface area contributed by atoms with Crippen molar-refractivity contribution in [3.05, 3.63) is 78.4 Å². The largest absolute Gasteiger partial charge is 0.376 e. The van der Waals surface area contributed by atoms with E-state index in [-0.39, 0.29) is 6.10 Å². The molecule has 0 aliphatic heterocycles. The van der Waals surface area contributed by atoms with Crippen molar-refractivity contribution < 1.29 is 4.74 Å². The summed E-state index contributed by atoms with van der Waals surface area (Å²) >= 11 is 1.84. The molecule has 3 aromatic rings. The summed E-state index contributed by atoms with van der Waals surface area (Å²) in [7, 11) is 1.78. The number of thioether (sulfide) groups is 1. The van der Waals surface area contributed by atoms with Gasteiger partial charge in [-0.1, -0.05) is 60.7 Å². The van der Waals surface area contributed by atoms with Crippen LogP contribution in [0, 0.1) is 0 Å². The fraction of sp³-hybridized carbons (Fsp3) is 0.158. The average molecular weight is 294 g/mol. The minimum Gasteiger partial charge on any atom is -0.376 e. The molecule has 0 radical (unpaired) electrons. The van der Waals surface area contributed by atoms with Gasteiger partial charge in [-0.05, 0) is 28.5 Å². The summed E-state index contributed by atoms with van der Waals surface area (Å²) in [5.74, 6) is 0.916. The topological polar surface area (TPSA) is 9.23 Å². The van der Waals surface area contributed by atoms with Crippen molar-refractivity contribution in [1.82, 2.24) is 0 Å². The molecule has 3 rings (SSSR count). The van der Waals surface area contributed by atoms with Crippen LogP contribution in [0.2, 0.25) is 0 Å². The number of fused-ring (bicyclic) bond motifs is 1. The lowest BCUT2D eigenvalue weighted by molar-refractivity contribution is 0.123. The van der Waals surface area contributed by atoms with E-state index in [1.165, 1.54) is 21.2 Å². The van der Waals surface area contributed by atoms with E-state index in [0.29, 0.717) is 0 Å². The van der Waals surface area contributed by atoms with E-state index in [2.05, 4.69) is 66.7 Å². The molecule has 0 fully saturated rings. The molecule has 0 spiro atoms. The molecular formula is C19H18OS. The Kier molecular flexibility index (Phi) is 4.59. The van der Waals surface area contributed by atoms with E-state index in [0.717, 1.165) is 5.75 Å². The number of rotatable bonds is 5. The van der Waals surface area contributed by atoms with Crippen LogP contribution in [0.1, 0.15) is 11.7 Å². The number of ether oxygens (including phenoxy) is 1. The maximum absolute atomic E-state index is 5.62. The molecule has 0 N–H and O–H groups in total. The Morgan fingerprint density at radius 2 is 1.57 bits per heavy atom. The van der Waals surface area contributed by atoms with Crippen LogP contribution in [-0.4, -0.2) is 12.9 Å². The summed E-state index contributed by atoms with van der Waals surface area (Å²) in [6.07, 6.45) is 0.127. The van der Waals surface area contributed by atoms with Crippen LogP contribution in [0.15, 0.2) is 77.7 Å². The highest BCUT2D eigenvalue weighted by Gasteiger charge is 2.10. The molecule has 1 unspecified atom stereocenters. The molecule has 0 amide bonds. The number of benzene rings is 3. The number of hydrogen-bond donors (Lipinski definition) is 0. The van der Waals surface area contributed by atoms with Gasteiger partial charge in [-0.25, -0.2) is 0 Å². The van der Waals surface area contributed by atoms with Gasteiger partial charge < -0.3 is 4.74 Å². The van der Waals surface area contributed by atoms with E-state index in [9.17, 15) is 0 Å². The van der Waals surface area contributed by atoms with Crippen LogP contribution in [0.5, 0.6) is 0 Å². The van der Waals surface area contributed by atoms with Gasteiger partial charge in [-0.2, -0.15) is 0 Å². The molecule has 3 aromatic carbocycles. The smallest absolute Gasteiger partial charge is 0.0914 e. The third-order valence-electron chi connectivity index (χ3n) is 3.58. The summed E-state index contributed by atoms with van der Waals surface area (Å²) in [6, 6.07) is 25.5. The SMILES string of the molecule is COC(CSc1ccc2ccccc2c1)c1ccccc1. The van der Waals surface area contributed by atoms with Gasteiger partial charge in [0.05, 0.1) is 6.10 Å². The van der Waals surface area contributed by atoms with Crippen LogP contribution in [0.3, 0.4) is 0 Å². The fourth-order valence-electron chi connectivity index (χ4n) is 2.40. The molecule has 0 aromatic heterocycles. The first-order valence-electron chi connectivity index (χ1n) is 7.06. The molecule has 21 heavy (non-hydrogen) atoms. The number of methoxy groups -OCH3 is 1. The van der Waals surface area contributed by atoms with Gasteiger partial charge in [0.2, 0.25) is 0 Å². The maximum Gasteiger partial charge on any atom is 0.0914 e. The predicted molar refractivity (Wildman–Crippen MR) is 90.9 cm³/mol. The van der Waals surface area contributed by atoms with Gasteiger partial charge in [0.25, 0.3) is 0 Å². The number of hydrogen-bond acceptors (Lipinski definition) is 2. The third-order valence-corrected chi connectivity index (χ3v) is 4.63. The summed E-state index contributed by atoms with van der Waals surface area (Å²) in [5, 5.41) is 2.57. The van der Waals surface area contributed by atoms with Gasteiger partial charge >= 0.3 is 0 Å². The molecule has 1 atom stereocenters. The zero-order chi connectivity index (χ0) is 14.5. The second-order valence-electron chi connectivity index (χ2n) is 4.95. The quantitative estimate of drug-likeness (QED) is 0.589. The molecule has 106 valence electrons. The Morgan fingerprint density at radius 1 is 0.857 bits per heavy atom. The van der Waals surface area contributed by atoms with E-state index in [1.807, 2.05) is 17.8 Å². The molecule has 0 heterocycles. The Labute approximate surface area is 130 Å². The first kappa shape index (κ1) is 14.2. The first-order chi connectivity index (χ1) is 10.4. The van der Waals surface area contributed by atoms with Crippen molar-refractivity contribution in [2.45, 2.75) is 11.0 Å². The lowest BCUT2D eigenvalue weighted by atomic mass is 10.1. The Bertz CT molecular complexity index is 709. The lowest BCUT2D eigenvalue weighted by Crippen LogP contribution is -2.04. The highest BCUT2D eigenvalue weighted by atomic mass is 32.2. The standard InChI is InChI=1S/C19H18OS/c1-20-19(16-8-3-2-4-9-16)14-21-18-12-11-15-7-5-6-10-17(15)13-18/h2-13,19H,14H2,1H3. The predicted octanol–water partition coefficient (Wildman–Crippen LogP) is 5.32. The molecule has 0 bridgehead atoms. The minimum atomic E-state index is 0.127. The Hall–Kier alpha value is -1.77. The van der Waals surface area contributed by atoms with Crippen molar-refractivity contribution in [3.8, 4) is 0 Å². The minimum absolute atomic E-state index is 0.127. The van der Waals surface area contributed by atoms with Crippen LogP contribution in [-0.2, 0) is 4.74 Å². The van der Waals surface area contributed by atoms with E-state index >= 15 is 0 Å². The molecular weight excluding hydrogens is 276 g/mol. The Balaban J connectivity index is 1.73. The average Bonchev–Trinajstić information content (AvgIpc) is 2.56. The van der Waals surface area contributed by atoms with Gasteiger partial charge in [0, 0.05) is 17.8 Å². The van der Waals surface area contributed by atoms with Gasteiger partial charge in [-0.15, -0.1) is 11.8 Å². The molecule has 1 nitrogen and oxygen atoms in total. The van der Waals surface area contributed by atoms with Crippen molar-refractivity contribution in [1.29, 1.82) is 0 Å². The second-order valence-corrected chi connectivity index (χ2v) is 6.05. The zero-order valence-electron chi connectivity index (χ0n) is 12.0. The van der Waals surface area contributed by atoms with Crippen molar-refractivity contribution >= 4 is 22.5 Å². The highest BCUT2D eigenvalue weighted by molar-refractivity contribution is 7.99. The van der Waals surface area contributed by atoms with Crippen LogP contribution < -0.4 is 0 Å². The molecule has 0 saturated carbocycles. The third kappa shape index (κ3) is 3.46. The van der Waals surface area contributed by atoms with Crippen LogP contribution in [0.4, 0.5) is 0 Å². The summed E-state index contributed by atoms with van der Waals surface area (Å²) < 4.78 is 5.62. The molecule has 0 aliphatic carbocycles.